The Hall–Kier alpha value is -2.72. The average molecular weight is 479 g/mol. The van der Waals surface area contributed by atoms with Gasteiger partial charge in [-0.25, -0.2) is 9.36 Å². The Balaban J connectivity index is 1.51. The monoisotopic (exact) mass is 479 g/mol. The second kappa shape index (κ2) is 10.0. The van der Waals surface area contributed by atoms with Crippen molar-refractivity contribution in [1.82, 2.24) is 14.9 Å². The molecule has 1 saturated heterocycles. The van der Waals surface area contributed by atoms with Crippen molar-refractivity contribution < 1.29 is 23.1 Å². The van der Waals surface area contributed by atoms with Gasteiger partial charge < -0.3 is 26.0 Å². The van der Waals surface area contributed by atoms with Gasteiger partial charge in [0.1, 0.15) is 17.7 Å². The summed E-state index contributed by atoms with van der Waals surface area (Å²) >= 11 is 0. The van der Waals surface area contributed by atoms with Crippen LogP contribution in [0.2, 0.25) is 0 Å². The molecule has 1 fully saturated rings. The van der Waals surface area contributed by atoms with Gasteiger partial charge in [-0.15, -0.1) is 0 Å². The van der Waals surface area contributed by atoms with Crippen LogP contribution < -0.4 is 27.0 Å². The summed E-state index contributed by atoms with van der Waals surface area (Å²) < 4.78 is 30.8. The molecule has 1 aliphatic rings. The van der Waals surface area contributed by atoms with Gasteiger partial charge in [0.2, 0.25) is 5.91 Å². The van der Waals surface area contributed by atoms with Crippen LogP contribution in [0.15, 0.2) is 41.3 Å². The van der Waals surface area contributed by atoms with E-state index in [1.807, 2.05) is 20.8 Å². The van der Waals surface area contributed by atoms with Crippen LogP contribution in [0, 0.1) is 0 Å². The van der Waals surface area contributed by atoms with Crippen LogP contribution >= 0.6 is 7.60 Å². The van der Waals surface area contributed by atoms with Crippen molar-refractivity contribution in [3.05, 3.63) is 52.6 Å². The molecule has 1 unspecified atom stereocenters. The van der Waals surface area contributed by atoms with Crippen LogP contribution in [0.3, 0.4) is 0 Å². The van der Waals surface area contributed by atoms with Gasteiger partial charge in [-0.1, -0.05) is 12.1 Å². The minimum absolute atomic E-state index is 0.0100. The Morgan fingerprint density at radius 1 is 1.33 bits per heavy atom. The number of nitrogens with one attached hydrogen (secondary N) is 1. The lowest BCUT2D eigenvalue weighted by molar-refractivity contribution is -0.123. The van der Waals surface area contributed by atoms with E-state index in [1.165, 1.54) is 16.8 Å². The molecular weight excluding hydrogens is 449 g/mol. The number of ether oxygens (including phenoxy) is 1. The third-order valence-electron chi connectivity index (χ3n) is 4.68. The third kappa shape index (κ3) is 7.40. The van der Waals surface area contributed by atoms with Crippen molar-refractivity contribution in [1.29, 1.82) is 0 Å². The van der Waals surface area contributed by atoms with Crippen molar-refractivity contribution in [3.63, 3.8) is 0 Å². The maximum atomic E-state index is 12.9. The molecule has 11 nitrogen and oxygen atoms in total. The zero-order valence-corrected chi connectivity index (χ0v) is 19.8. The van der Waals surface area contributed by atoms with E-state index >= 15 is 0 Å². The first kappa shape index (κ1) is 24.9. The Labute approximate surface area is 192 Å². The van der Waals surface area contributed by atoms with Crippen LogP contribution in [0.25, 0.3) is 0 Å². The minimum atomic E-state index is -3.51. The highest BCUT2D eigenvalue weighted by Crippen LogP contribution is 2.50. The van der Waals surface area contributed by atoms with Gasteiger partial charge in [-0.3, -0.25) is 13.9 Å². The summed E-state index contributed by atoms with van der Waals surface area (Å²) in [6.07, 6.45) is 1.12. The largest absolute Gasteiger partial charge is 0.423 e. The van der Waals surface area contributed by atoms with Gasteiger partial charge in [-0.2, -0.15) is 4.98 Å². The number of carbonyl (C=O) groups excluding carboxylic acids is 1. The SMILES string of the molecule is CC(C)(C)NC(=O)[C@@H](N)Cc1ccc(OP2(=O)CO[C@@H](Cn3ccc(N)nc3=O)CO2)cc1. The second-order valence-corrected chi connectivity index (χ2v) is 10.8. The first-order valence-electron chi connectivity index (χ1n) is 10.5. The lowest BCUT2D eigenvalue weighted by atomic mass is 10.0. The lowest BCUT2D eigenvalue weighted by Crippen LogP contribution is -2.49. The fourth-order valence-corrected chi connectivity index (χ4v) is 4.50. The summed E-state index contributed by atoms with van der Waals surface area (Å²) in [5.41, 5.74) is 11.4. The summed E-state index contributed by atoms with van der Waals surface area (Å²) in [4.78, 5) is 27.6. The molecular formula is C21H30N5O6P. The third-order valence-corrected chi connectivity index (χ3v) is 6.18. The minimum Gasteiger partial charge on any atom is -0.423 e. The van der Waals surface area contributed by atoms with Gasteiger partial charge in [-0.05, 0) is 51.0 Å². The standard InChI is InChI=1S/C21H30N5O6P/c1-21(2,3)25-19(27)17(22)10-14-4-6-15(7-5-14)32-33(29)13-30-16(12-31-33)11-26-9-8-18(23)24-20(26)28/h4-9,16-17H,10-13,22H2,1-3H3,(H,25,27)(H2,23,24,28)/t16-,17-,33?/m0/s1. The summed E-state index contributed by atoms with van der Waals surface area (Å²) in [6, 6.07) is 7.59. The molecule has 2 aromatic rings. The van der Waals surface area contributed by atoms with E-state index in [2.05, 4.69) is 10.3 Å². The van der Waals surface area contributed by atoms with E-state index in [1.54, 1.807) is 24.3 Å². The van der Waals surface area contributed by atoms with E-state index in [-0.39, 0.29) is 36.8 Å². The Morgan fingerprint density at radius 3 is 2.61 bits per heavy atom. The number of aromatic nitrogens is 2. The van der Waals surface area contributed by atoms with Crippen molar-refractivity contribution in [2.45, 2.75) is 51.4 Å². The van der Waals surface area contributed by atoms with Gasteiger partial charge in [0.05, 0.1) is 19.2 Å². The van der Waals surface area contributed by atoms with E-state index in [0.717, 1.165) is 5.56 Å². The number of nitrogens with two attached hydrogens (primary N) is 2. The number of nitrogens with zero attached hydrogens (tertiary/aromatic N) is 2. The molecule has 0 radical (unpaired) electrons. The molecule has 12 heteroatoms. The van der Waals surface area contributed by atoms with Crippen molar-refractivity contribution >= 4 is 19.3 Å². The highest BCUT2D eigenvalue weighted by molar-refractivity contribution is 7.54. The number of rotatable bonds is 7. The zero-order chi connectivity index (χ0) is 24.2. The fraction of sp³-hybridized carbons (Fsp3) is 0.476. The molecule has 0 bridgehead atoms. The number of amides is 1. The number of carbonyl (C=O) groups is 1. The van der Waals surface area contributed by atoms with E-state index in [4.69, 9.17) is 25.3 Å². The molecule has 0 saturated carbocycles. The van der Waals surface area contributed by atoms with Crippen LogP contribution in [0.1, 0.15) is 26.3 Å². The van der Waals surface area contributed by atoms with Gasteiger partial charge in [0.25, 0.3) is 0 Å². The lowest BCUT2D eigenvalue weighted by Gasteiger charge is -2.29. The van der Waals surface area contributed by atoms with Gasteiger partial charge in [0, 0.05) is 11.7 Å². The summed E-state index contributed by atoms with van der Waals surface area (Å²) in [7, 11) is -3.51. The highest BCUT2D eigenvalue weighted by atomic mass is 31.2. The molecule has 1 amide bonds. The maximum Gasteiger partial charge on any atom is 0.404 e. The number of nitrogen functional groups attached to an aromatic ring is 1. The predicted molar refractivity (Wildman–Crippen MR) is 123 cm³/mol. The first-order chi connectivity index (χ1) is 15.4. The molecule has 3 rings (SSSR count). The molecule has 33 heavy (non-hydrogen) atoms. The summed E-state index contributed by atoms with van der Waals surface area (Å²) in [5, 5.41) is 2.85. The Morgan fingerprint density at radius 2 is 2.03 bits per heavy atom. The molecule has 3 atom stereocenters. The highest BCUT2D eigenvalue weighted by Gasteiger charge is 2.35. The first-order valence-corrected chi connectivity index (χ1v) is 12.2. The fourth-order valence-electron chi connectivity index (χ4n) is 3.09. The average Bonchev–Trinajstić information content (AvgIpc) is 2.72. The quantitative estimate of drug-likeness (QED) is 0.497. The normalized spacial score (nSPS) is 21.9. The van der Waals surface area contributed by atoms with Crippen LogP contribution in [-0.2, 0) is 31.6 Å². The molecule has 0 spiro atoms. The topological polar surface area (TPSA) is 161 Å². The molecule has 1 aromatic heterocycles. The Kier molecular flexibility index (Phi) is 7.58. The van der Waals surface area contributed by atoms with E-state index in [0.29, 0.717) is 12.2 Å². The Bertz CT molecular complexity index is 1070. The van der Waals surface area contributed by atoms with Crippen molar-refractivity contribution in [2.24, 2.45) is 5.73 Å². The zero-order valence-electron chi connectivity index (χ0n) is 18.9. The summed E-state index contributed by atoms with van der Waals surface area (Å²) in [6.45, 7) is 5.84. The molecule has 180 valence electrons. The molecule has 1 aromatic carbocycles. The van der Waals surface area contributed by atoms with Gasteiger partial charge in [0.15, 0.2) is 6.35 Å². The number of hydrogen-bond acceptors (Lipinski definition) is 9. The second-order valence-electron chi connectivity index (χ2n) is 8.90. The number of hydrogen-bond donors (Lipinski definition) is 3. The smallest absolute Gasteiger partial charge is 0.404 e. The molecule has 0 aliphatic carbocycles. The van der Waals surface area contributed by atoms with E-state index < -0.39 is 25.4 Å². The van der Waals surface area contributed by atoms with Gasteiger partial charge >= 0.3 is 13.3 Å². The maximum absolute atomic E-state index is 12.9. The number of anilines is 1. The molecule has 1 aliphatic heterocycles. The van der Waals surface area contributed by atoms with Crippen molar-refractivity contribution in [3.8, 4) is 5.75 Å². The van der Waals surface area contributed by atoms with Crippen molar-refractivity contribution in [2.75, 3.05) is 18.7 Å². The van der Waals surface area contributed by atoms with Crippen LogP contribution in [0.4, 0.5) is 5.82 Å². The molecule has 5 N–H and O–H groups in total. The summed E-state index contributed by atoms with van der Waals surface area (Å²) in [5.74, 6) is 0.249. The van der Waals surface area contributed by atoms with E-state index in [9.17, 15) is 14.2 Å². The van der Waals surface area contributed by atoms with Crippen LogP contribution in [0.5, 0.6) is 5.75 Å². The van der Waals surface area contributed by atoms with Crippen LogP contribution in [-0.4, -0.2) is 46.1 Å². The number of benzene rings is 1. The molecule has 2 heterocycles. The predicted octanol–water partition coefficient (Wildman–Crippen LogP) is 1.26.